The maximum atomic E-state index is 14.3. The van der Waals surface area contributed by atoms with Crippen LogP contribution in [0.1, 0.15) is 88.4 Å². The lowest BCUT2D eigenvalue weighted by Crippen LogP contribution is -2.25. The molecule has 6 nitrogen and oxygen atoms in total. The molecule has 3 aliphatic rings. The standard InChI is InChI=1S/C29H35FN6.C2H6.C2H2/c1-3-15-31-18-26-33-23(28(35-26)22(30)4-2)9-6-5-8-19-11-13-21-20(17-19)12-14-24-27(21)36-29(34-24)25-10-7-16-32-25;2*1-2/h4,9,13,17,19,25,31-32H,2-3,6-7,10-12,14-16,18H2,1H3,(H,33,35)(H,34,36);1-2H3;1-2H/b23-9+,28-22-;;/t19?,25-;;/m0../s1. The monoisotopic (exact) mass is 542 g/mol. The van der Waals surface area contributed by atoms with Crippen LogP contribution in [0, 0.1) is 30.6 Å². The molecule has 0 radical (unpaired) electrons. The van der Waals surface area contributed by atoms with E-state index in [1.165, 1.54) is 29.3 Å². The first-order valence-electron chi connectivity index (χ1n) is 14.5. The predicted molar refractivity (Wildman–Crippen MR) is 164 cm³/mol. The molecule has 0 bridgehead atoms. The zero-order valence-corrected chi connectivity index (χ0v) is 24.2. The number of imidazole rings is 2. The molecule has 2 aromatic heterocycles. The van der Waals surface area contributed by atoms with Crippen molar-refractivity contribution in [1.29, 1.82) is 0 Å². The number of aromatic nitrogens is 4. The molecule has 40 heavy (non-hydrogen) atoms. The highest BCUT2D eigenvalue weighted by Crippen LogP contribution is 2.39. The van der Waals surface area contributed by atoms with Gasteiger partial charge < -0.3 is 20.6 Å². The van der Waals surface area contributed by atoms with Gasteiger partial charge in [0.05, 0.1) is 23.6 Å². The van der Waals surface area contributed by atoms with E-state index < -0.39 is 5.83 Å². The number of allylic oxidation sites excluding steroid dienone is 5. The van der Waals surface area contributed by atoms with Gasteiger partial charge in [0.1, 0.15) is 22.8 Å². The van der Waals surface area contributed by atoms with Gasteiger partial charge in [-0.2, -0.15) is 0 Å². The van der Waals surface area contributed by atoms with E-state index in [1.807, 2.05) is 19.9 Å². The van der Waals surface area contributed by atoms with Crippen LogP contribution in [-0.4, -0.2) is 33.0 Å². The van der Waals surface area contributed by atoms with Crippen LogP contribution in [0.3, 0.4) is 0 Å². The number of aromatic amines is 2. The summed E-state index contributed by atoms with van der Waals surface area (Å²) >= 11 is 0. The number of halogens is 1. The second-order valence-corrected chi connectivity index (χ2v) is 9.65. The Labute approximate surface area is 238 Å². The molecule has 1 saturated heterocycles. The third-order valence-electron chi connectivity index (χ3n) is 7.01. The van der Waals surface area contributed by atoms with Crippen LogP contribution in [0.4, 0.5) is 4.39 Å². The quantitative estimate of drug-likeness (QED) is 0.301. The number of nitrogens with zero attached hydrogens (tertiary/aromatic N) is 2. The lowest BCUT2D eigenvalue weighted by atomic mass is 9.82. The van der Waals surface area contributed by atoms with E-state index >= 15 is 0 Å². The maximum absolute atomic E-state index is 14.3. The number of fused-ring (bicyclic) bond motifs is 3. The van der Waals surface area contributed by atoms with E-state index in [4.69, 9.17) is 4.98 Å². The van der Waals surface area contributed by atoms with Crippen LogP contribution in [0.15, 0.2) is 30.4 Å². The predicted octanol–water partition coefficient (Wildman–Crippen LogP) is 4.75. The van der Waals surface area contributed by atoms with Crippen molar-refractivity contribution >= 4 is 17.5 Å². The van der Waals surface area contributed by atoms with Gasteiger partial charge in [0.2, 0.25) is 0 Å². The Morgan fingerprint density at radius 1 is 1.25 bits per heavy atom. The number of hydrogen-bond acceptors (Lipinski definition) is 4. The number of rotatable bonds is 7. The molecule has 2 atom stereocenters. The second kappa shape index (κ2) is 15.8. The van der Waals surface area contributed by atoms with E-state index in [0.29, 0.717) is 35.5 Å². The number of H-pyrrole nitrogens is 2. The third-order valence-corrected chi connectivity index (χ3v) is 7.01. The molecule has 2 aliphatic carbocycles. The fourth-order valence-electron chi connectivity index (χ4n) is 5.19. The highest BCUT2D eigenvalue weighted by atomic mass is 19.1. The van der Waals surface area contributed by atoms with E-state index in [9.17, 15) is 4.39 Å². The van der Waals surface area contributed by atoms with Crippen molar-refractivity contribution in [3.63, 3.8) is 0 Å². The molecule has 0 spiro atoms. The van der Waals surface area contributed by atoms with Gasteiger partial charge in [-0.15, -0.1) is 12.8 Å². The van der Waals surface area contributed by atoms with E-state index in [1.54, 1.807) is 0 Å². The minimum Gasteiger partial charge on any atom is -0.344 e. The smallest absolute Gasteiger partial charge is 0.150 e. The molecule has 0 saturated carbocycles. The molecule has 1 aliphatic heterocycles. The Kier molecular flexibility index (Phi) is 12.2. The molecule has 212 valence electrons. The minimum absolute atomic E-state index is 0.195. The molecule has 2 aromatic rings. The lowest BCUT2D eigenvalue weighted by molar-refractivity contribution is 0.611. The summed E-state index contributed by atoms with van der Waals surface area (Å²) in [5.74, 6) is 8.25. The summed E-state index contributed by atoms with van der Waals surface area (Å²) < 4.78 is 14.3. The van der Waals surface area contributed by atoms with Crippen molar-refractivity contribution in [1.82, 2.24) is 30.6 Å². The molecule has 3 heterocycles. The molecular formula is C33H43FN6. The summed E-state index contributed by atoms with van der Waals surface area (Å²) in [7, 11) is 0. The first kappa shape index (κ1) is 30.9. The van der Waals surface area contributed by atoms with E-state index in [0.717, 1.165) is 56.7 Å². The number of aryl methyl sites for hydroxylation is 1. The molecular weight excluding hydrogens is 499 g/mol. The molecule has 1 unspecified atom stereocenters. The van der Waals surface area contributed by atoms with Crippen LogP contribution in [-0.2, 0) is 13.0 Å². The molecule has 4 N–H and O–H groups in total. The summed E-state index contributed by atoms with van der Waals surface area (Å²) in [5, 5.41) is 7.79. The summed E-state index contributed by atoms with van der Waals surface area (Å²) in [6.07, 6.45) is 22.6. The maximum Gasteiger partial charge on any atom is 0.150 e. The topological polar surface area (TPSA) is 81.4 Å². The number of terminal acetylenes is 1. The van der Waals surface area contributed by atoms with E-state index in [2.05, 4.69) is 75.9 Å². The molecule has 0 aromatic carbocycles. The van der Waals surface area contributed by atoms with E-state index in [-0.39, 0.29) is 5.92 Å². The summed E-state index contributed by atoms with van der Waals surface area (Å²) in [6, 6.07) is 0.360. The molecule has 1 fully saturated rings. The fraction of sp³-hybridized carbons (Fsp3) is 0.455. The van der Waals surface area contributed by atoms with Crippen LogP contribution in [0.2, 0.25) is 0 Å². The molecule has 0 amide bonds. The first-order chi connectivity index (χ1) is 19.7. The van der Waals surface area contributed by atoms with Crippen molar-refractivity contribution in [2.24, 2.45) is 5.92 Å². The zero-order chi connectivity index (χ0) is 28.9. The first-order valence-corrected chi connectivity index (χ1v) is 14.5. The average Bonchev–Trinajstić information content (AvgIpc) is 3.77. The minimum atomic E-state index is -0.427. The van der Waals surface area contributed by atoms with Crippen LogP contribution in [0.25, 0.3) is 17.5 Å². The zero-order valence-electron chi connectivity index (χ0n) is 24.2. The van der Waals surface area contributed by atoms with Gasteiger partial charge in [0.15, 0.2) is 0 Å². The van der Waals surface area contributed by atoms with Crippen molar-refractivity contribution in [2.75, 3.05) is 13.1 Å². The van der Waals surface area contributed by atoms with Gasteiger partial charge in [-0.1, -0.05) is 51.3 Å². The average molecular weight is 543 g/mol. The van der Waals surface area contributed by atoms with Crippen molar-refractivity contribution in [3.05, 3.63) is 64.1 Å². The Morgan fingerprint density at radius 3 is 2.80 bits per heavy atom. The Morgan fingerprint density at radius 2 is 2.08 bits per heavy atom. The number of hydrogen-bond donors (Lipinski definition) is 4. The van der Waals surface area contributed by atoms with Gasteiger partial charge >= 0.3 is 0 Å². The van der Waals surface area contributed by atoms with Gasteiger partial charge in [-0.05, 0) is 69.3 Å². The Bertz CT molecular complexity index is 1400. The second-order valence-electron chi connectivity index (χ2n) is 9.65. The number of nitrogens with one attached hydrogen (secondary N) is 4. The highest BCUT2D eigenvalue weighted by molar-refractivity contribution is 5.81. The van der Waals surface area contributed by atoms with Crippen molar-refractivity contribution < 1.29 is 4.39 Å². The van der Waals surface area contributed by atoms with Crippen LogP contribution >= 0.6 is 0 Å². The lowest BCUT2D eigenvalue weighted by Gasteiger charge is -2.23. The highest BCUT2D eigenvalue weighted by Gasteiger charge is 2.28. The summed E-state index contributed by atoms with van der Waals surface area (Å²) in [5.41, 5.74) is 5.04. The molecule has 7 heteroatoms. The van der Waals surface area contributed by atoms with Crippen molar-refractivity contribution in [2.45, 2.75) is 78.3 Å². The van der Waals surface area contributed by atoms with Crippen LogP contribution < -0.4 is 21.3 Å². The van der Waals surface area contributed by atoms with Crippen LogP contribution in [0.5, 0.6) is 0 Å². The van der Waals surface area contributed by atoms with Gasteiger partial charge in [0.25, 0.3) is 0 Å². The van der Waals surface area contributed by atoms with Gasteiger partial charge in [0, 0.05) is 23.6 Å². The Balaban J connectivity index is 0.00000106. The summed E-state index contributed by atoms with van der Waals surface area (Å²) in [6.45, 7) is 12.2. The third kappa shape index (κ3) is 7.50. The summed E-state index contributed by atoms with van der Waals surface area (Å²) in [4.78, 5) is 16.2. The molecule has 5 rings (SSSR count). The normalized spacial score (nSPS) is 20.2. The van der Waals surface area contributed by atoms with Gasteiger partial charge in [-0.25, -0.2) is 14.4 Å². The fourth-order valence-corrected chi connectivity index (χ4v) is 5.19. The van der Waals surface area contributed by atoms with Crippen molar-refractivity contribution in [3.8, 4) is 24.7 Å². The SMILES string of the molecule is C#C.C=C/C(F)=c1/nc(CNCCC)[nH]/c1=C/CC#CC1C=C2CCc3[nH]c([C@@H]4CCCN4)nc3C2=CC1.CC. The Hall–Kier alpha value is -3.65. The largest absolute Gasteiger partial charge is 0.344 e. The van der Waals surface area contributed by atoms with Gasteiger partial charge in [-0.3, -0.25) is 0 Å².